The van der Waals surface area contributed by atoms with Crippen molar-refractivity contribution >= 4 is 11.8 Å². The van der Waals surface area contributed by atoms with Gasteiger partial charge in [-0.05, 0) is 43.7 Å². The van der Waals surface area contributed by atoms with Gasteiger partial charge in [-0.15, -0.1) is 5.10 Å². The molecule has 0 aliphatic rings. The fourth-order valence-corrected chi connectivity index (χ4v) is 3.40. The van der Waals surface area contributed by atoms with E-state index in [0.29, 0.717) is 17.9 Å². The molecule has 2 amide bonds. The van der Waals surface area contributed by atoms with Crippen molar-refractivity contribution in [1.82, 2.24) is 25.0 Å². The fourth-order valence-electron chi connectivity index (χ4n) is 3.40. The van der Waals surface area contributed by atoms with Gasteiger partial charge in [0.15, 0.2) is 5.82 Å². The van der Waals surface area contributed by atoms with Gasteiger partial charge in [-0.2, -0.15) is 0 Å². The predicted octanol–water partition coefficient (Wildman–Crippen LogP) is 4.34. The third-order valence-electron chi connectivity index (χ3n) is 5.59. The Labute approximate surface area is 199 Å². The molecule has 172 valence electrons. The highest BCUT2D eigenvalue weighted by atomic mass is 16.2. The first-order valence-electron chi connectivity index (χ1n) is 11.2. The highest BCUT2D eigenvalue weighted by Gasteiger charge is 2.19. The summed E-state index contributed by atoms with van der Waals surface area (Å²) in [6.07, 6.45) is 0. The molecule has 4 rings (SSSR count). The minimum atomic E-state index is -0.369. The summed E-state index contributed by atoms with van der Waals surface area (Å²) in [5.41, 5.74) is 3.17. The van der Waals surface area contributed by atoms with Crippen molar-refractivity contribution in [3.8, 4) is 17.1 Å². The molecule has 0 saturated heterocycles. The summed E-state index contributed by atoms with van der Waals surface area (Å²) < 4.78 is 1.68. The average molecular weight is 454 g/mol. The summed E-state index contributed by atoms with van der Waals surface area (Å²) in [7, 11) is 1.78. The average Bonchev–Trinajstić information content (AvgIpc) is 3.33. The van der Waals surface area contributed by atoms with Crippen LogP contribution in [0.2, 0.25) is 0 Å². The number of nitrogens with zero attached hydrogens (tertiary/aromatic N) is 4. The number of benzene rings is 3. The van der Waals surface area contributed by atoms with Gasteiger partial charge in [-0.25, -0.2) is 9.67 Å². The number of nitrogens with one attached hydrogen (secondary N) is 1. The van der Waals surface area contributed by atoms with Crippen LogP contribution in [-0.4, -0.2) is 44.6 Å². The number of hydrogen-bond acceptors (Lipinski definition) is 4. The van der Waals surface area contributed by atoms with Gasteiger partial charge in [-0.1, -0.05) is 60.7 Å². The molecule has 1 N–H and O–H groups in total. The van der Waals surface area contributed by atoms with Crippen molar-refractivity contribution in [2.24, 2.45) is 0 Å². The third kappa shape index (κ3) is 5.04. The topological polar surface area (TPSA) is 80.1 Å². The van der Waals surface area contributed by atoms with Crippen molar-refractivity contribution in [3.63, 3.8) is 0 Å². The van der Waals surface area contributed by atoms with Crippen LogP contribution in [0.15, 0.2) is 84.9 Å². The van der Waals surface area contributed by atoms with E-state index in [0.717, 1.165) is 16.8 Å². The largest absolute Gasteiger partial charge is 0.345 e. The molecule has 4 aromatic rings. The molecule has 3 aromatic carbocycles. The monoisotopic (exact) mass is 453 g/mol. The smallest absolute Gasteiger partial charge is 0.291 e. The van der Waals surface area contributed by atoms with E-state index in [1.807, 2.05) is 86.6 Å². The molecular formula is C27H27N5O2. The molecule has 34 heavy (non-hydrogen) atoms. The van der Waals surface area contributed by atoms with E-state index in [1.165, 1.54) is 0 Å². The van der Waals surface area contributed by atoms with Crippen molar-refractivity contribution < 1.29 is 9.59 Å². The number of para-hydroxylation sites is 1. The van der Waals surface area contributed by atoms with Crippen LogP contribution in [0.4, 0.5) is 0 Å². The summed E-state index contributed by atoms with van der Waals surface area (Å²) >= 11 is 0. The number of aromatic nitrogens is 3. The van der Waals surface area contributed by atoms with Crippen molar-refractivity contribution in [2.75, 3.05) is 7.05 Å². The highest BCUT2D eigenvalue weighted by Crippen LogP contribution is 2.21. The first-order chi connectivity index (χ1) is 16.4. The second-order valence-electron chi connectivity index (χ2n) is 8.26. The predicted molar refractivity (Wildman–Crippen MR) is 132 cm³/mol. The Morgan fingerprint density at radius 2 is 1.53 bits per heavy atom. The Balaban J connectivity index is 1.50. The van der Waals surface area contributed by atoms with E-state index in [-0.39, 0.29) is 23.7 Å². The molecule has 0 atom stereocenters. The maximum Gasteiger partial charge on any atom is 0.291 e. The molecule has 0 spiro atoms. The maximum absolute atomic E-state index is 12.9. The van der Waals surface area contributed by atoms with Crippen LogP contribution in [0.25, 0.3) is 17.1 Å². The summed E-state index contributed by atoms with van der Waals surface area (Å²) in [4.78, 5) is 31.6. The quantitative estimate of drug-likeness (QED) is 0.451. The normalized spacial score (nSPS) is 10.8. The van der Waals surface area contributed by atoms with Crippen molar-refractivity contribution in [3.05, 3.63) is 102 Å². The first-order valence-corrected chi connectivity index (χ1v) is 11.2. The highest BCUT2D eigenvalue weighted by molar-refractivity contribution is 5.94. The van der Waals surface area contributed by atoms with Crippen LogP contribution >= 0.6 is 0 Å². The molecule has 0 fully saturated rings. The minimum Gasteiger partial charge on any atom is -0.345 e. The Morgan fingerprint density at radius 3 is 2.15 bits per heavy atom. The second-order valence-corrected chi connectivity index (χ2v) is 8.26. The number of rotatable bonds is 7. The van der Waals surface area contributed by atoms with E-state index < -0.39 is 0 Å². The van der Waals surface area contributed by atoms with Crippen LogP contribution in [0.3, 0.4) is 0 Å². The van der Waals surface area contributed by atoms with Gasteiger partial charge in [0, 0.05) is 30.8 Å². The minimum absolute atomic E-state index is 0.0327. The second kappa shape index (κ2) is 10.1. The van der Waals surface area contributed by atoms with Gasteiger partial charge in [0.1, 0.15) is 0 Å². The lowest BCUT2D eigenvalue weighted by Crippen LogP contribution is -2.32. The Morgan fingerprint density at radius 1 is 0.912 bits per heavy atom. The SMILES string of the molecule is CC(C)N(C)C(=O)c1ccc(CNC(=O)c2nc(-c3ccccc3)n(-c3ccccc3)n2)cc1. The van der Waals surface area contributed by atoms with Crippen molar-refractivity contribution in [2.45, 2.75) is 26.4 Å². The Bertz CT molecular complexity index is 1210. The van der Waals surface area contributed by atoms with Crippen LogP contribution in [-0.2, 0) is 6.54 Å². The standard InChI is InChI=1S/C27H27N5O2/c1-19(2)31(3)27(34)22-16-14-20(15-17-22)18-28-26(33)24-29-25(21-10-6-4-7-11-21)32(30-24)23-12-8-5-9-13-23/h4-17,19H,18H2,1-3H3,(H,28,33). The molecular weight excluding hydrogens is 426 g/mol. The number of amides is 2. The number of carbonyl (C=O) groups excluding carboxylic acids is 2. The lowest BCUT2D eigenvalue weighted by molar-refractivity contribution is 0.0754. The van der Waals surface area contributed by atoms with E-state index in [4.69, 9.17) is 0 Å². The zero-order chi connectivity index (χ0) is 24.1. The van der Waals surface area contributed by atoms with Gasteiger partial charge in [0.2, 0.25) is 5.82 Å². The van der Waals surface area contributed by atoms with Crippen LogP contribution < -0.4 is 5.32 Å². The molecule has 0 unspecified atom stereocenters. The number of hydrogen-bond donors (Lipinski definition) is 1. The zero-order valence-corrected chi connectivity index (χ0v) is 19.5. The van der Waals surface area contributed by atoms with Crippen LogP contribution in [0, 0.1) is 0 Å². The van der Waals surface area contributed by atoms with Gasteiger partial charge >= 0.3 is 0 Å². The molecule has 7 nitrogen and oxygen atoms in total. The Hall–Kier alpha value is -4.26. The molecule has 0 aliphatic heterocycles. The third-order valence-corrected chi connectivity index (χ3v) is 5.59. The van der Waals surface area contributed by atoms with Crippen molar-refractivity contribution in [1.29, 1.82) is 0 Å². The fraction of sp³-hybridized carbons (Fsp3) is 0.185. The maximum atomic E-state index is 12.9. The molecule has 1 heterocycles. The summed E-state index contributed by atoms with van der Waals surface area (Å²) in [6, 6.07) is 26.6. The molecule has 0 radical (unpaired) electrons. The van der Waals surface area contributed by atoms with E-state index in [2.05, 4.69) is 15.4 Å². The van der Waals surface area contributed by atoms with E-state index in [9.17, 15) is 9.59 Å². The summed E-state index contributed by atoms with van der Waals surface area (Å²) in [5.74, 6) is 0.281. The zero-order valence-electron chi connectivity index (χ0n) is 19.5. The molecule has 0 saturated carbocycles. The van der Waals surface area contributed by atoms with E-state index in [1.54, 1.807) is 28.8 Å². The lowest BCUT2D eigenvalue weighted by atomic mass is 10.1. The molecule has 0 aliphatic carbocycles. The molecule has 1 aromatic heterocycles. The first kappa shape index (κ1) is 22.9. The van der Waals surface area contributed by atoms with Gasteiger partial charge in [-0.3, -0.25) is 9.59 Å². The molecule has 0 bridgehead atoms. The summed E-state index contributed by atoms with van der Waals surface area (Å²) in [5, 5.41) is 7.36. The molecule has 7 heteroatoms. The van der Waals surface area contributed by atoms with Gasteiger partial charge in [0.25, 0.3) is 11.8 Å². The van der Waals surface area contributed by atoms with Crippen LogP contribution in [0.1, 0.15) is 40.4 Å². The summed E-state index contributed by atoms with van der Waals surface area (Å²) in [6.45, 7) is 4.24. The Kier molecular flexibility index (Phi) is 6.82. The lowest BCUT2D eigenvalue weighted by Gasteiger charge is -2.21. The van der Waals surface area contributed by atoms with E-state index >= 15 is 0 Å². The van der Waals surface area contributed by atoms with Gasteiger partial charge < -0.3 is 10.2 Å². The number of carbonyl (C=O) groups is 2. The van der Waals surface area contributed by atoms with Crippen LogP contribution in [0.5, 0.6) is 0 Å². The van der Waals surface area contributed by atoms with Gasteiger partial charge in [0.05, 0.1) is 5.69 Å².